The fraction of sp³-hybridized carbons (Fsp3) is 0.348. The summed E-state index contributed by atoms with van der Waals surface area (Å²) in [7, 11) is 1.60. The summed E-state index contributed by atoms with van der Waals surface area (Å²) in [5, 5.41) is 2.89. The molecule has 1 aliphatic heterocycles. The van der Waals surface area contributed by atoms with Crippen molar-refractivity contribution in [1.29, 1.82) is 0 Å². The lowest BCUT2D eigenvalue weighted by atomic mass is 10.1. The van der Waals surface area contributed by atoms with Crippen LogP contribution in [0.25, 0.3) is 6.08 Å². The van der Waals surface area contributed by atoms with Crippen LogP contribution in [0.15, 0.2) is 48.5 Å². The second-order valence-electron chi connectivity index (χ2n) is 6.75. The van der Waals surface area contributed by atoms with Gasteiger partial charge in [-0.15, -0.1) is 0 Å². The first-order valence-corrected chi connectivity index (χ1v) is 9.87. The molecular weight excluding hydrogens is 368 g/mol. The van der Waals surface area contributed by atoms with Gasteiger partial charge in [-0.2, -0.15) is 0 Å². The molecule has 0 aromatic heterocycles. The molecule has 1 aliphatic rings. The van der Waals surface area contributed by atoms with Gasteiger partial charge in [-0.25, -0.2) is 0 Å². The minimum absolute atomic E-state index is 0.182. The Hall–Kier alpha value is -2.83. The maximum atomic E-state index is 12.2. The number of morpholine rings is 1. The van der Waals surface area contributed by atoms with Crippen molar-refractivity contribution in [3.05, 3.63) is 59.7 Å². The molecule has 1 N–H and O–H groups in total. The average Bonchev–Trinajstić information content (AvgIpc) is 2.75. The number of hydrogen-bond donors (Lipinski definition) is 1. The van der Waals surface area contributed by atoms with Crippen LogP contribution in [0.4, 0.5) is 5.69 Å². The lowest BCUT2D eigenvalue weighted by molar-refractivity contribution is -0.111. The van der Waals surface area contributed by atoms with Crippen LogP contribution in [-0.2, 0) is 16.1 Å². The van der Waals surface area contributed by atoms with Crippen molar-refractivity contribution in [3.63, 3.8) is 0 Å². The number of amides is 1. The molecule has 29 heavy (non-hydrogen) atoms. The molecule has 0 aliphatic carbocycles. The molecule has 0 saturated carbocycles. The van der Waals surface area contributed by atoms with Gasteiger partial charge in [0, 0.05) is 31.4 Å². The molecule has 6 nitrogen and oxygen atoms in total. The van der Waals surface area contributed by atoms with Gasteiger partial charge >= 0.3 is 0 Å². The van der Waals surface area contributed by atoms with Crippen LogP contribution < -0.4 is 14.8 Å². The van der Waals surface area contributed by atoms with Crippen LogP contribution in [0.2, 0.25) is 0 Å². The molecule has 2 aromatic carbocycles. The summed E-state index contributed by atoms with van der Waals surface area (Å²) in [4.78, 5) is 14.6. The Morgan fingerprint density at radius 1 is 1.14 bits per heavy atom. The van der Waals surface area contributed by atoms with Crippen molar-refractivity contribution in [3.8, 4) is 11.5 Å². The van der Waals surface area contributed by atoms with Gasteiger partial charge < -0.3 is 19.5 Å². The molecule has 1 heterocycles. The SMILES string of the molecule is CCOc1ccc(/C=C/C(=O)Nc2ccc(CN3CCOCC3)cc2)cc1OC. The maximum absolute atomic E-state index is 12.2. The number of rotatable bonds is 8. The molecular formula is C23H28N2O4. The molecule has 0 atom stereocenters. The predicted molar refractivity (Wildman–Crippen MR) is 114 cm³/mol. The average molecular weight is 396 g/mol. The highest BCUT2D eigenvalue weighted by Gasteiger charge is 2.10. The van der Waals surface area contributed by atoms with Crippen LogP contribution in [0, 0.1) is 0 Å². The molecule has 0 spiro atoms. The van der Waals surface area contributed by atoms with Gasteiger partial charge in [0.1, 0.15) is 0 Å². The molecule has 0 radical (unpaired) electrons. The van der Waals surface area contributed by atoms with Crippen LogP contribution in [0.1, 0.15) is 18.1 Å². The number of carbonyl (C=O) groups is 1. The van der Waals surface area contributed by atoms with E-state index in [4.69, 9.17) is 14.2 Å². The fourth-order valence-electron chi connectivity index (χ4n) is 3.13. The summed E-state index contributed by atoms with van der Waals surface area (Å²) in [6, 6.07) is 13.5. The van der Waals surface area contributed by atoms with Gasteiger partial charge in [0.25, 0.3) is 0 Å². The summed E-state index contributed by atoms with van der Waals surface area (Å²) in [6.07, 6.45) is 3.26. The summed E-state index contributed by atoms with van der Waals surface area (Å²) >= 11 is 0. The first kappa shape index (κ1) is 20.9. The molecule has 2 aromatic rings. The van der Waals surface area contributed by atoms with Crippen molar-refractivity contribution in [1.82, 2.24) is 4.90 Å². The van der Waals surface area contributed by atoms with Gasteiger partial charge in [0.05, 0.1) is 26.9 Å². The smallest absolute Gasteiger partial charge is 0.248 e. The van der Waals surface area contributed by atoms with Crippen molar-refractivity contribution < 1.29 is 19.0 Å². The molecule has 0 bridgehead atoms. The largest absolute Gasteiger partial charge is 0.493 e. The van der Waals surface area contributed by atoms with Crippen LogP contribution in [0.3, 0.4) is 0 Å². The van der Waals surface area contributed by atoms with Gasteiger partial charge in [-0.05, 0) is 48.4 Å². The Morgan fingerprint density at radius 3 is 2.59 bits per heavy atom. The molecule has 154 valence electrons. The second-order valence-corrected chi connectivity index (χ2v) is 6.75. The summed E-state index contributed by atoms with van der Waals surface area (Å²) in [6.45, 7) is 6.89. The van der Waals surface area contributed by atoms with E-state index in [1.54, 1.807) is 13.2 Å². The van der Waals surface area contributed by atoms with Crippen molar-refractivity contribution in [2.45, 2.75) is 13.5 Å². The van der Waals surface area contributed by atoms with Crippen molar-refractivity contribution in [2.24, 2.45) is 0 Å². The van der Waals surface area contributed by atoms with Gasteiger partial charge in [0.2, 0.25) is 5.91 Å². The number of ether oxygens (including phenoxy) is 3. The Balaban J connectivity index is 1.54. The Labute approximate surface area is 172 Å². The summed E-state index contributed by atoms with van der Waals surface area (Å²) < 4.78 is 16.2. The molecule has 0 unspecified atom stereocenters. The molecule has 1 fully saturated rings. The topological polar surface area (TPSA) is 60.0 Å². The molecule has 1 saturated heterocycles. The Morgan fingerprint density at radius 2 is 1.90 bits per heavy atom. The molecule has 3 rings (SSSR count). The third-order valence-electron chi connectivity index (χ3n) is 4.65. The van der Waals surface area contributed by atoms with Crippen LogP contribution in [-0.4, -0.2) is 50.8 Å². The Bertz CT molecular complexity index is 827. The third kappa shape index (κ3) is 6.34. The first-order chi connectivity index (χ1) is 14.2. The van der Waals surface area contributed by atoms with E-state index < -0.39 is 0 Å². The first-order valence-electron chi connectivity index (χ1n) is 9.87. The lowest BCUT2D eigenvalue weighted by Crippen LogP contribution is -2.35. The van der Waals surface area contributed by atoms with E-state index in [0.29, 0.717) is 18.1 Å². The quantitative estimate of drug-likeness (QED) is 0.691. The fourth-order valence-corrected chi connectivity index (χ4v) is 3.13. The van der Waals surface area contributed by atoms with E-state index in [1.165, 1.54) is 11.6 Å². The highest BCUT2D eigenvalue weighted by atomic mass is 16.5. The van der Waals surface area contributed by atoms with E-state index >= 15 is 0 Å². The standard InChI is InChI=1S/C23H28N2O4/c1-3-29-21-10-6-18(16-22(21)27-2)7-11-23(26)24-20-8-4-19(5-9-20)17-25-12-14-28-15-13-25/h4-11,16H,3,12-15,17H2,1-2H3,(H,24,26)/b11-7+. The van der Waals surface area contributed by atoms with E-state index in [2.05, 4.69) is 10.2 Å². The van der Waals surface area contributed by atoms with Crippen molar-refractivity contribution >= 4 is 17.7 Å². The number of nitrogens with zero attached hydrogens (tertiary/aromatic N) is 1. The van der Waals surface area contributed by atoms with Gasteiger partial charge in [-0.3, -0.25) is 9.69 Å². The second kappa shape index (κ2) is 10.6. The lowest BCUT2D eigenvalue weighted by Gasteiger charge is -2.26. The molecule has 6 heteroatoms. The molecule has 1 amide bonds. The van der Waals surface area contributed by atoms with Crippen LogP contribution >= 0.6 is 0 Å². The number of benzene rings is 2. The van der Waals surface area contributed by atoms with Crippen molar-refractivity contribution in [2.75, 3.05) is 45.3 Å². The predicted octanol–water partition coefficient (Wildman–Crippen LogP) is 3.58. The van der Waals surface area contributed by atoms with Gasteiger partial charge in [-0.1, -0.05) is 18.2 Å². The normalized spacial score (nSPS) is 14.7. The minimum atomic E-state index is -0.182. The van der Waals surface area contributed by atoms with Gasteiger partial charge in [0.15, 0.2) is 11.5 Å². The maximum Gasteiger partial charge on any atom is 0.248 e. The van der Waals surface area contributed by atoms with Crippen LogP contribution in [0.5, 0.6) is 11.5 Å². The van der Waals surface area contributed by atoms with E-state index in [-0.39, 0.29) is 5.91 Å². The monoisotopic (exact) mass is 396 g/mol. The number of methoxy groups -OCH3 is 1. The zero-order valence-electron chi connectivity index (χ0n) is 17.0. The van der Waals surface area contributed by atoms with E-state index in [9.17, 15) is 4.79 Å². The Kier molecular flexibility index (Phi) is 7.67. The summed E-state index contributed by atoms with van der Waals surface area (Å²) in [5.41, 5.74) is 2.86. The number of anilines is 1. The highest BCUT2D eigenvalue weighted by Crippen LogP contribution is 2.28. The van der Waals surface area contributed by atoms with E-state index in [1.807, 2.05) is 49.4 Å². The highest BCUT2D eigenvalue weighted by molar-refractivity contribution is 6.01. The zero-order valence-corrected chi connectivity index (χ0v) is 17.0. The number of carbonyl (C=O) groups excluding carboxylic acids is 1. The third-order valence-corrected chi connectivity index (χ3v) is 4.65. The van der Waals surface area contributed by atoms with E-state index in [0.717, 1.165) is 44.1 Å². The number of nitrogens with one attached hydrogen (secondary N) is 1. The zero-order chi connectivity index (χ0) is 20.5. The minimum Gasteiger partial charge on any atom is -0.493 e. The number of hydrogen-bond acceptors (Lipinski definition) is 5. The summed E-state index contributed by atoms with van der Waals surface area (Å²) in [5.74, 6) is 1.15.